The van der Waals surface area contributed by atoms with E-state index in [1.165, 1.54) is 24.3 Å². The molecular weight excluding hydrogens is 276 g/mol. The largest absolute Gasteiger partial charge is 0.399 e. The van der Waals surface area contributed by atoms with Crippen molar-refractivity contribution in [2.45, 2.75) is 30.6 Å². The monoisotopic (exact) mass is 296 g/mol. The highest BCUT2D eigenvalue weighted by Crippen LogP contribution is 2.15. The Balaban J connectivity index is 2.07. The van der Waals surface area contributed by atoms with E-state index >= 15 is 0 Å². The van der Waals surface area contributed by atoms with Crippen LogP contribution in [-0.4, -0.2) is 38.1 Å². The molecule has 110 valence electrons. The van der Waals surface area contributed by atoms with Crippen molar-refractivity contribution in [3.05, 3.63) is 24.3 Å². The summed E-state index contributed by atoms with van der Waals surface area (Å²) in [4.78, 5) is 13.9. The number of sulfone groups is 1. The first-order valence-electron chi connectivity index (χ1n) is 6.85. The summed E-state index contributed by atoms with van der Waals surface area (Å²) in [7, 11) is -3.58. The molecule has 1 aliphatic rings. The molecule has 2 N–H and O–H groups in total. The third-order valence-corrected chi connectivity index (χ3v) is 5.13. The first-order chi connectivity index (χ1) is 9.49. The van der Waals surface area contributed by atoms with Crippen molar-refractivity contribution in [1.82, 2.24) is 4.90 Å². The molecule has 0 unspecified atom stereocenters. The molecule has 1 fully saturated rings. The molecule has 6 heteroatoms. The molecule has 1 amide bonds. The Kier molecular flexibility index (Phi) is 4.65. The number of amides is 1. The van der Waals surface area contributed by atoms with Gasteiger partial charge in [-0.2, -0.15) is 0 Å². The lowest BCUT2D eigenvalue weighted by Crippen LogP contribution is -2.36. The lowest BCUT2D eigenvalue weighted by molar-refractivity contribution is -0.128. The number of likely N-dealkylation sites (tertiary alicyclic amines) is 1. The summed E-state index contributed by atoms with van der Waals surface area (Å²) in [6.07, 6.45) is 4.12. The molecule has 1 aromatic rings. The van der Waals surface area contributed by atoms with Crippen LogP contribution in [0.3, 0.4) is 0 Å². The molecule has 20 heavy (non-hydrogen) atoms. The number of nitrogens with zero attached hydrogens (tertiary/aromatic N) is 1. The van der Waals surface area contributed by atoms with Gasteiger partial charge < -0.3 is 10.6 Å². The van der Waals surface area contributed by atoms with Crippen molar-refractivity contribution >= 4 is 21.4 Å². The maximum atomic E-state index is 12.2. The summed E-state index contributed by atoms with van der Waals surface area (Å²) in [5.41, 5.74) is 6.04. The second kappa shape index (κ2) is 6.26. The molecule has 1 aliphatic heterocycles. The molecule has 0 saturated carbocycles. The molecule has 0 aromatic heterocycles. The fraction of sp³-hybridized carbons (Fsp3) is 0.500. The van der Waals surface area contributed by atoms with Gasteiger partial charge in [0.25, 0.3) is 0 Å². The van der Waals surface area contributed by atoms with Gasteiger partial charge in [-0.1, -0.05) is 12.8 Å². The molecular formula is C14H20N2O3S. The quantitative estimate of drug-likeness (QED) is 0.856. The van der Waals surface area contributed by atoms with Gasteiger partial charge in [0.1, 0.15) is 5.75 Å². The molecule has 0 bridgehead atoms. The minimum atomic E-state index is -3.58. The predicted octanol–water partition coefficient (Wildman–Crippen LogP) is 1.45. The van der Waals surface area contributed by atoms with E-state index in [1.54, 1.807) is 4.90 Å². The first-order valence-corrected chi connectivity index (χ1v) is 8.50. The molecule has 0 spiro atoms. The van der Waals surface area contributed by atoms with Gasteiger partial charge in [0.05, 0.1) is 4.90 Å². The third-order valence-electron chi connectivity index (χ3n) is 3.51. The molecule has 0 radical (unpaired) electrons. The number of carbonyl (C=O) groups excluding carboxylic acids is 1. The van der Waals surface area contributed by atoms with Crippen LogP contribution in [0.15, 0.2) is 29.2 Å². The molecule has 0 aliphatic carbocycles. The second-order valence-electron chi connectivity index (χ2n) is 5.12. The Hall–Kier alpha value is -1.56. The number of hydrogen-bond donors (Lipinski definition) is 1. The average Bonchev–Trinajstić information content (AvgIpc) is 2.67. The lowest BCUT2D eigenvalue weighted by atomic mass is 10.2. The van der Waals surface area contributed by atoms with Gasteiger partial charge in [0.2, 0.25) is 5.91 Å². The Morgan fingerprint density at radius 3 is 2.15 bits per heavy atom. The van der Waals surface area contributed by atoms with E-state index in [1.807, 2.05) is 0 Å². The van der Waals surface area contributed by atoms with Crippen LogP contribution in [0.25, 0.3) is 0 Å². The van der Waals surface area contributed by atoms with Crippen LogP contribution in [0.2, 0.25) is 0 Å². The van der Waals surface area contributed by atoms with E-state index in [4.69, 9.17) is 5.73 Å². The number of benzene rings is 1. The highest BCUT2D eigenvalue weighted by atomic mass is 32.2. The fourth-order valence-corrected chi connectivity index (χ4v) is 3.56. The Morgan fingerprint density at radius 1 is 1.05 bits per heavy atom. The van der Waals surface area contributed by atoms with Crippen LogP contribution in [0, 0.1) is 0 Å². The van der Waals surface area contributed by atoms with E-state index in [-0.39, 0.29) is 10.8 Å². The Labute approximate surface area is 119 Å². The topological polar surface area (TPSA) is 80.5 Å². The standard InChI is InChI=1S/C14H20N2O3S/c15-12-5-7-13(8-6-12)20(18,19)11-14(17)16-9-3-1-2-4-10-16/h5-8H,1-4,9-11,15H2. The van der Waals surface area contributed by atoms with Gasteiger partial charge in [0.15, 0.2) is 9.84 Å². The molecule has 1 saturated heterocycles. The number of hydrogen-bond acceptors (Lipinski definition) is 4. The van der Waals surface area contributed by atoms with Crippen molar-refractivity contribution < 1.29 is 13.2 Å². The fourth-order valence-electron chi connectivity index (χ4n) is 2.33. The second-order valence-corrected chi connectivity index (χ2v) is 7.11. The zero-order valence-electron chi connectivity index (χ0n) is 11.4. The van der Waals surface area contributed by atoms with Crippen molar-refractivity contribution in [3.8, 4) is 0 Å². The van der Waals surface area contributed by atoms with Gasteiger partial charge in [-0.15, -0.1) is 0 Å². The van der Waals surface area contributed by atoms with Crippen molar-refractivity contribution in [2.24, 2.45) is 0 Å². The zero-order valence-corrected chi connectivity index (χ0v) is 12.2. The molecule has 1 aromatic carbocycles. The summed E-state index contributed by atoms with van der Waals surface area (Å²) in [5.74, 6) is -0.763. The minimum absolute atomic E-state index is 0.148. The number of nitrogen functional groups attached to an aromatic ring is 1. The van der Waals surface area contributed by atoms with Crippen LogP contribution in [0.5, 0.6) is 0 Å². The summed E-state index contributed by atoms with van der Waals surface area (Å²) >= 11 is 0. The van der Waals surface area contributed by atoms with Gasteiger partial charge in [-0.05, 0) is 37.1 Å². The predicted molar refractivity (Wildman–Crippen MR) is 78.0 cm³/mol. The van der Waals surface area contributed by atoms with E-state index in [0.717, 1.165) is 25.7 Å². The normalized spacial score (nSPS) is 16.7. The van der Waals surface area contributed by atoms with Crippen molar-refractivity contribution in [2.75, 3.05) is 24.6 Å². The lowest BCUT2D eigenvalue weighted by Gasteiger charge is -2.20. The summed E-state index contributed by atoms with van der Waals surface area (Å²) in [6.45, 7) is 1.33. The van der Waals surface area contributed by atoms with Crippen molar-refractivity contribution in [3.63, 3.8) is 0 Å². The van der Waals surface area contributed by atoms with Crippen LogP contribution < -0.4 is 5.73 Å². The van der Waals surface area contributed by atoms with Gasteiger partial charge in [-0.3, -0.25) is 4.79 Å². The van der Waals surface area contributed by atoms with Crippen LogP contribution in [0.1, 0.15) is 25.7 Å². The van der Waals surface area contributed by atoms with Crippen LogP contribution in [-0.2, 0) is 14.6 Å². The molecule has 0 atom stereocenters. The van der Waals surface area contributed by atoms with Gasteiger partial charge in [0, 0.05) is 18.8 Å². The Morgan fingerprint density at radius 2 is 1.60 bits per heavy atom. The SMILES string of the molecule is Nc1ccc(S(=O)(=O)CC(=O)N2CCCCCC2)cc1. The van der Waals surface area contributed by atoms with E-state index in [9.17, 15) is 13.2 Å². The first kappa shape index (κ1) is 14.8. The number of rotatable bonds is 3. The van der Waals surface area contributed by atoms with Crippen molar-refractivity contribution in [1.29, 1.82) is 0 Å². The summed E-state index contributed by atoms with van der Waals surface area (Å²) < 4.78 is 24.4. The van der Waals surface area contributed by atoms with E-state index < -0.39 is 15.6 Å². The molecule has 2 rings (SSSR count). The number of anilines is 1. The smallest absolute Gasteiger partial charge is 0.238 e. The van der Waals surface area contributed by atoms with Crippen LogP contribution >= 0.6 is 0 Å². The van der Waals surface area contributed by atoms with Gasteiger partial charge >= 0.3 is 0 Å². The van der Waals surface area contributed by atoms with Gasteiger partial charge in [-0.25, -0.2) is 8.42 Å². The highest BCUT2D eigenvalue weighted by Gasteiger charge is 2.23. The maximum absolute atomic E-state index is 12.2. The van der Waals surface area contributed by atoms with Crippen LogP contribution in [0.4, 0.5) is 5.69 Å². The third kappa shape index (κ3) is 3.72. The molecule has 1 heterocycles. The average molecular weight is 296 g/mol. The highest BCUT2D eigenvalue weighted by molar-refractivity contribution is 7.92. The molecule has 5 nitrogen and oxygen atoms in total. The minimum Gasteiger partial charge on any atom is -0.399 e. The van der Waals surface area contributed by atoms with E-state index in [0.29, 0.717) is 18.8 Å². The summed E-state index contributed by atoms with van der Waals surface area (Å²) in [6, 6.07) is 5.95. The maximum Gasteiger partial charge on any atom is 0.238 e. The zero-order chi connectivity index (χ0) is 14.6. The Bertz CT molecular complexity index is 559. The number of nitrogens with two attached hydrogens (primary N) is 1. The number of carbonyl (C=O) groups is 1. The summed E-state index contributed by atoms with van der Waals surface area (Å²) in [5, 5.41) is 0. The van der Waals surface area contributed by atoms with E-state index in [2.05, 4.69) is 0 Å².